The summed E-state index contributed by atoms with van der Waals surface area (Å²) in [4.78, 5) is 2.28. The molecule has 1 aromatic carbocycles. The van der Waals surface area contributed by atoms with Crippen LogP contribution in [0.1, 0.15) is 13.3 Å². The number of rotatable bonds is 4. The lowest BCUT2D eigenvalue weighted by molar-refractivity contribution is 0.00238. The van der Waals surface area contributed by atoms with E-state index < -0.39 is 15.8 Å². The Morgan fingerprint density at radius 3 is 2.78 bits per heavy atom. The summed E-state index contributed by atoms with van der Waals surface area (Å²) in [5.41, 5.74) is 0. The molecule has 2 aliphatic heterocycles. The first kappa shape index (κ1) is 16.8. The Hall–Kier alpha value is -1.02. The molecule has 0 spiro atoms. The standard InChI is InChI=1S/C16H23FN2O3S/c1-3-18-10-14-15(11-18)19(8-7-16(14)22-2)23(20,21)13-6-4-5-12(17)9-13/h4-6,9,14-16H,3,7-8,10-11H2,1-2H3/t14-,15+,16-/m0/s1. The Morgan fingerprint density at radius 2 is 2.13 bits per heavy atom. The fraction of sp³-hybridized carbons (Fsp3) is 0.625. The molecule has 5 nitrogen and oxygen atoms in total. The van der Waals surface area contributed by atoms with E-state index in [2.05, 4.69) is 11.8 Å². The van der Waals surface area contributed by atoms with Crippen LogP contribution in [0.5, 0.6) is 0 Å². The molecule has 2 saturated heterocycles. The van der Waals surface area contributed by atoms with Gasteiger partial charge in [0, 0.05) is 38.7 Å². The van der Waals surface area contributed by atoms with Crippen LogP contribution in [0.25, 0.3) is 0 Å². The molecule has 7 heteroatoms. The summed E-state index contributed by atoms with van der Waals surface area (Å²) in [7, 11) is -2.00. The second-order valence-corrected chi connectivity index (χ2v) is 8.11. The van der Waals surface area contributed by atoms with E-state index in [1.165, 1.54) is 18.2 Å². The summed E-state index contributed by atoms with van der Waals surface area (Å²) in [6.45, 7) is 4.92. The van der Waals surface area contributed by atoms with Crippen LogP contribution in [0, 0.1) is 11.7 Å². The summed E-state index contributed by atoms with van der Waals surface area (Å²) in [6, 6.07) is 5.14. The van der Waals surface area contributed by atoms with Crippen molar-refractivity contribution in [1.82, 2.24) is 9.21 Å². The number of likely N-dealkylation sites (N-methyl/N-ethyl adjacent to an activating group) is 1. The van der Waals surface area contributed by atoms with Crippen molar-refractivity contribution in [2.45, 2.75) is 30.4 Å². The Bertz CT molecular complexity index is 667. The predicted molar refractivity (Wildman–Crippen MR) is 85.1 cm³/mol. The van der Waals surface area contributed by atoms with Gasteiger partial charge in [0.2, 0.25) is 10.0 Å². The van der Waals surface area contributed by atoms with E-state index in [1.807, 2.05) is 0 Å². The Morgan fingerprint density at radius 1 is 1.35 bits per heavy atom. The predicted octanol–water partition coefficient (Wildman–Crippen LogP) is 1.56. The molecule has 0 saturated carbocycles. The smallest absolute Gasteiger partial charge is 0.243 e. The molecule has 3 atom stereocenters. The molecule has 0 N–H and O–H groups in total. The van der Waals surface area contributed by atoms with E-state index in [9.17, 15) is 12.8 Å². The maximum Gasteiger partial charge on any atom is 0.243 e. The average Bonchev–Trinajstić information content (AvgIpc) is 2.98. The normalized spacial score (nSPS) is 29.6. The number of methoxy groups -OCH3 is 1. The first-order valence-electron chi connectivity index (χ1n) is 8.00. The highest BCUT2D eigenvalue weighted by Crippen LogP contribution is 2.35. The van der Waals surface area contributed by atoms with Crippen molar-refractivity contribution in [3.05, 3.63) is 30.1 Å². The average molecular weight is 342 g/mol. The lowest BCUT2D eigenvalue weighted by Gasteiger charge is -2.40. The Labute approximate surface area is 137 Å². The number of fused-ring (bicyclic) bond motifs is 1. The van der Waals surface area contributed by atoms with Crippen molar-refractivity contribution in [1.29, 1.82) is 0 Å². The van der Waals surface area contributed by atoms with E-state index in [4.69, 9.17) is 4.74 Å². The quantitative estimate of drug-likeness (QED) is 0.833. The van der Waals surface area contributed by atoms with Crippen LogP contribution in [0.3, 0.4) is 0 Å². The zero-order valence-corrected chi connectivity index (χ0v) is 14.3. The SMILES string of the molecule is CCN1C[C@@H]2[C@@H](OC)CCN(S(=O)(=O)c3cccc(F)c3)[C@@H]2C1. The van der Waals surface area contributed by atoms with Crippen molar-refractivity contribution >= 4 is 10.0 Å². The number of benzene rings is 1. The van der Waals surface area contributed by atoms with Crippen molar-refractivity contribution < 1.29 is 17.5 Å². The molecule has 1 aromatic rings. The summed E-state index contributed by atoms with van der Waals surface area (Å²) in [6.07, 6.45) is 0.750. The van der Waals surface area contributed by atoms with Gasteiger partial charge in [0.25, 0.3) is 0 Å². The van der Waals surface area contributed by atoms with Crippen LogP contribution >= 0.6 is 0 Å². The number of halogens is 1. The fourth-order valence-electron chi connectivity index (χ4n) is 3.81. The van der Waals surface area contributed by atoms with Crippen LogP contribution in [-0.2, 0) is 14.8 Å². The van der Waals surface area contributed by atoms with Crippen molar-refractivity contribution in [3.8, 4) is 0 Å². The monoisotopic (exact) mass is 342 g/mol. The first-order chi connectivity index (χ1) is 11.0. The van der Waals surface area contributed by atoms with E-state index >= 15 is 0 Å². The first-order valence-corrected chi connectivity index (χ1v) is 9.44. The lowest BCUT2D eigenvalue weighted by atomic mass is 9.91. The minimum Gasteiger partial charge on any atom is -0.381 e. The highest BCUT2D eigenvalue weighted by Gasteiger charge is 2.48. The molecule has 0 radical (unpaired) electrons. The molecule has 0 unspecified atom stereocenters. The second-order valence-electron chi connectivity index (χ2n) is 6.22. The van der Waals surface area contributed by atoms with Gasteiger partial charge in [0.05, 0.1) is 11.0 Å². The molecular formula is C16H23FN2O3S. The third-order valence-electron chi connectivity index (χ3n) is 5.04. The van der Waals surface area contributed by atoms with Crippen LogP contribution < -0.4 is 0 Å². The number of ether oxygens (including phenoxy) is 1. The molecule has 2 fully saturated rings. The van der Waals surface area contributed by atoms with Gasteiger partial charge in [-0.05, 0) is 31.2 Å². The molecule has 0 aromatic heterocycles. The molecular weight excluding hydrogens is 319 g/mol. The molecule has 2 heterocycles. The van der Waals surface area contributed by atoms with Gasteiger partial charge in [-0.1, -0.05) is 13.0 Å². The number of piperidine rings is 1. The van der Waals surface area contributed by atoms with Gasteiger partial charge in [-0.2, -0.15) is 4.31 Å². The van der Waals surface area contributed by atoms with Gasteiger partial charge in [0.1, 0.15) is 5.82 Å². The highest BCUT2D eigenvalue weighted by atomic mass is 32.2. The van der Waals surface area contributed by atoms with Crippen molar-refractivity contribution in [2.75, 3.05) is 33.3 Å². The minimum absolute atomic E-state index is 0.0297. The molecule has 0 amide bonds. The number of hydrogen-bond donors (Lipinski definition) is 0. The molecule has 0 bridgehead atoms. The Kier molecular flexibility index (Phi) is 4.73. The maximum absolute atomic E-state index is 13.5. The van der Waals surface area contributed by atoms with Gasteiger partial charge in [-0.15, -0.1) is 0 Å². The minimum atomic E-state index is -3.69. The zero-order valence-electron chi connectivity index (χ0n) is 13.5. The molecule has 2 aliphatic rings. The third-order valence-corrected chi connectivity index (χ3v) is 6.96. The van der Waals surface area contributed by atoms with Gasteiger partial charge < -0.3 is 9.64 Å². The van der Waals surface area contributed by atoms with Crippen molar-refractivity contribution in [2.24, 2.45) is 5.92 Å². The van der Waals surface area contributed by atoms with Crippen LogP contribution in [-0.4, -0.2) is 63.1 Å². The summed E-state index contributed by atoms with van der Waals surface area (Å²) < 4.78 is 46.5. The summed E-state index contributed by atoms with van der Waals surface area (Å²) in [5, 5.41) is 0. The van der Waals surface area contributed by atoms with Gasteiger partial charge >= 0.3 is 0 Å². The van der Waals surface area contributed by atoms with Gasteiger partial charge in [-0.3, -0.25) is 0 Å². The number of sulfonamides is 1. The summed E-state index contributed by atoms with van der Waals surface area (Å²) >= 11 is 0. The Balaban J connectivity index is 1.93. The molecule has 128 valence electrons. The molecule has 3 rings (SSSR count). The van der Waals surface area contributed by atoms with Gasteiger partial charge in [-0.25, -0.2) is 12.8 Å². The number of likely N-dealkylation sites (tertiary alicyclic amines) is 1. The van der Waals surface area contributed by atoms with Crippen molar-refractivity contribution in [3.63, 3.8) is 0 Å². The second kappa shape index (κ2) is 6.47. The van der Waals surface area contributed by atoms with E-state index in [0.717, 1.165) is 19.2 Å². The highest BCUT2D eigenvalue weighted by molar-refractivity contribution is 7.89. The van der Waals surface area contributed by atoms with Crippen LogP contribution in [0.2, 0.25) is 0 Å². The topological polar surface area (TPSA) is 49.9 Å². The van der Waals surface area contributed by atoms with Crippen LogP contribution in [0.4, 0.5) is 4.39 Å². The van der Waals surface area contributed by atoms with E-state index in [-0.39, 0.29) is 23.0 Å². The number of nitrogens with zero attached hydrogens (tertiary/aromatic N) is 2. The largest absolute Gasteiger partial charge is 0.381 e. The number of hydrogen-bond acceptors (Lipinski definition) is 4. The third kappa shape index (κ3) is 3.03. The maximum atomic E-state index is 13.5. The fourth-order valence-corrected chi connectivity index (χ4v) is 5.52. The van der Waals surface area contributed by atoms with E-state index in [1.54, 1.807) is 11.4 Å². The van der Waals surface area contributed by atoms with E-state index in [0.29, 0.717) is 19.5 Å². The van der Waals surface area contributed by atoms with Crippen LogP contribution in [0.15, 0.2) is 29.2 Å². The molecule has 23 heavy (non-hydrogen) atoms. The summed E-state index contributed by atoms with van der Waals surface area (Å²) in [5.74, 6) is -0.368. The van der Waals surface area contributed by atoms with Gasteiger partial charge in [0.15, 0.2) is 0 Å². The zero-order chi connectivity index (χ0) is 16.6. The molecule has 0 aliphatic carbocycles. The lowest BCUT2D eigenvalue weighted by Crippen LogP contribution is -2.53.